The summed E-state index contributed by atoms with van der Waals surface area (Å²) in [5.74, 6) is 0.0110. The van der Waals surface area contributed by atoms with Crippen molar-refractivity contribution in [2.45, 2.75) is 44.2 Å². The lowest BCUT2D eigenvalue weighted by Crippen LogP contribution is -2.60. The largest absolute Gasteiger partial charge is 0.351 e. The lowest BCUT2D eigenvalue weighted by Gasteiger charge is -2.51. The maximum absolute atomic E-state index is 14.7. The van der Waals surface area contributed by atoms with E-state index in [9.17, 15) is 8.78 Å². The molecule has 0 saturated carbocycles. The highest BCUT2D eigenvalue weighted by Crippen LogP contribution is 2.48. The van der Waals surface area contributed by atoms with Crippen molar-refractivity contribution in [3.63, 3.8) is 0 Å². The Morgan fingerprint density at radius 3 is 2.70 bits per heavy atom. The van der Waals surface area contributed by atoms with E-state index in [0.717, 1.165) is 31.0 Å². The molecular weight excluding hydrogens is 346 g/mol. The predicted octanol–water partition coefficient (Wildman–Crippen LogP) is 3.38. The van der Waals surface area contributed by atoms with Crippen molar-refractivity contribution in [3.8, 4) is 0 Å². The highest BCUT2D eigenvalue weighted by atomic mass is 19.2. The SMILES string of the molecule is CCc1cc(N2C[C@H](c3cccc(F)c3F)[C@H]3[C@@H]2C2CCN3CC2)ncn1. The first-order chi connectivity index (χ1) is 13.2. The van der Waals surface area contributed by atoms with Gasteiger partial charge >= 0.3 is 0 Å². The van der Waals surface area contributed by atoms with Crippen LogP contribution in [0.5, 0.6) is 0 Å². The molecule has 4 aliphatic rings. The number of anilines is 1. The summed E-state index contributed by atoms with van der Waals surface area (Å²) in [7, 11) is 0. The smallest absolute Gasteiger partial charge is 0.162 e. The fourth-order valence-electron chi connectivity index (χ4n) is 5.50. The number of hydrogen-bond acceptors (Lipinski definition) is 4. The van der Waals surface area contributed by atoms with Gasteiger partial charge in [0.1, 0.15) is 12.1 Å². The third-order valence-corrected chi connectivity index (χ3v) is 6.74. The van der Waals surface area contributed by atoms with Crippen LogP contribution in [0.4, 0.5) is 14.6 Å². The van der Waals surface area contributed by atoms with E-state index in [4.69, 9.17) is 0 Å². The first-order valence-electron chi connectivity index (χ1n) is 9.93. The van der Waals surface area contributed by atoms with Gasteiger partial charge in [0.05, 0.1) is 0 Å². The van der Waals surface area contributed by atoms with Crippen molar-refractivity contribution in [1.82, 2.24) is 14.9 Å². The summed E-state index contributed by atoms with van der Waals surface area (Å²) in [5.41, 5.74) is 1.52. The molecule has 4 aliphatic heterocycles. The van der Waals surface area contributed by atoms with Crippen molar-refractivity contribution in [1.29, 1.82) is 0 Å². The van der Waals surface area contributed by atoms with E-state index in [2.05, 4.69) is 32.8 Å². The highest BCUT2D eigenvalue weighted by Gasteiger charge is 2.54. The number of rotatable bonds is 3. The lowest BCUT2D eigenvalue weighted by atomic mass is 9.75. The van der Waals surface area contributed by atoms with Gasteiger partial charge in [-0.3, -0.25) is 4.90 Å². The zero-order valence-corrected chi connectivity index (χ0v) is 15.5. The molecule has 6 rings (SSSR count). The van der Waals surface area contributed by atoms with Crippen LogP contribution < -0.4 is 4.90 Å². The van der Waals surface area contributed by atoms with Crippen LogP contribution in [0, 0.1) is 17.6 Å². The van der Waals surface area contributed by atoms with Crippen LogP contribution in [0.3, 0.4) is 0 Å². The minimum absolute atomic E-state index is 0.0474. The molecule has 3 atom stereocenters. The molecule has 6 heteroatoms. The topological polar surface area (TPSA) is 32.3 Å². The fourth-order valence-corrected chi connectivity index (χ4v) is 5.50. The average Bonchev–Trinajstić information content (AvgIpc) is 3.14. The summed E-state index contributed by atoms with van der Waals surface area (Å²) in [6.07, 6.45) is 4.82. The summed E-state index contributed by atoms with van der Waals surface area (Å²) in [6, 6.07) is 7.16. The number of hydrogen-bond donors (Lipinski definition) is 0. The van der Waals surface area contributed by atoms with Gasteiger partial charge in [0.25, 0.3) is 0 Å². The van der Waals surface area contributed by atoms with Crippen LogP contribution in [0.2, 0.25) is 0 Å². The Balaban J connectivity index is 1.58. The molecule has 4 fully saturated rings. The number of halogens is 2. The summed E-state index contributed by atoms with van der Waals surface area (Å²) < 4.78 is 28.6. The van der Waals surface area contributed by atoms with Gasteiger partial charge in [0.2, 0.25) is 0 Å². The second-order valence-electron chi connectivity index (χ2n) is 7.98. The van der Waals surface area contributed by atoms with Crippen molar-refractivity contribution in [3.05, 3.63) is 53.5 Å². The Morgan fingerprint density at radius 1 is 1.11 bits per heavy atom. The van der Waals surface area contributed by atoms with Crippen molar-refractivity contribution < 1.29 is 8.78 Å². The predicted molar refractivity (Wildman–Crippen MR) is 99.7 cm³/mol. The van der Waals surface area contributed by atoms with Gasteiger partial charge in [-0.15, -0.1) is 0 Å². The maximum Gasteiger partial charge on any atom is 0.162 e. The number of aryl methyl sites for hydroxylation is 1. The highest BCUT2D eigenvalue weighted by molar-refractivity contribution is 5.47. The Labute approximate surface area is 158 Å². The van der Waals surface area contributed by atoms with Gasteiger partial charge < -0.3 is 4.90 Å². The zero-order valence-electron chi connectivity index (χ0n) is 15.5. The molecule has 0 N–H and O–H groups in total. The van der Waals surface area contributed by atoms with E-state index in [-0.39, 0.29) is 12.0 Å². The Kier molecular flexibility index (Phi) is 4.11. The summed E-state index contributed by atoms with van der Waals surface area (Å²) in [6.45, 7) is 4.86. The molecule has 0 radical (unpaired) electrons. The van der Waals surface area contributed by atoms with E-state index in [1.807, 2.05) is 0 Å². The average molecular weight is 370 g/mol. The molecule has 1 aromatic carbocycles. The molecule has 2 aromatic rings. The molecular formula is C21H24F2N4. The minimum Gasteiger partial charge on any atom is -0.351 e. The number of fused-ring (bicyclic) bond motifs is 2. The van der Waals surface area contributed by atoms with Crippen LogP contribution in [0.25, 0.3) is 0 Å². The second-order valence-corrected chi connectivity index (χ2v) is 7.98. The molecule has 4 nitrogen and oxygen atoms in total. The molecule has 0 amide bonds. The summed E-state index contributed by atoms with van der Waals surface area (Å²) >= 11 is 0. The van der Waals surface area contributed by atoms with E-state index in [1.165, 1.54) is 18.9 Å². The fraction of sp³-hybridized carbons (Fsp3) is 0.524. The van der Waals surface area contributed by atoms with Crippen molar-refractivity contribution >= 4 is 5.82 Å². The summed E-state index contributed by atoms with van der Waals surface area (Å²) in [4.78, 5) is 13.7. The summed E-state index contributed by atoms with van der Waals surface area (Å²) in [5, 5.41) is 0. The molecule has 0 aliphatic carbocycles. The van der Waals surface area contributed by atoms with E-state index in [1.54, 1.807) is 18.5 Å². The van der Waals surface area contributed by atoms with Gasteiger partial charge in [-0.25, -0.2) is 18.7 Å². The Hall–Kier alpha value is -2.08. The number of nitrogens with zero attached hydrogens (tertiary/aromatic N) is 4. The first-order valence-corrected chi connectivity index (χ1v) is 9.93. The molecule has 142 valence electrons. The molecule has 27 heavy (non-hydrogen) atoms. The molecule has 0 unspecified atom stereocenters. The second kappa shape index (κ2) is 6.51. The standard InChI is InChI=1S/C21H24F2N4/c1-2-14-10-18(25-12-24-14)27-11-16(15-4-3-5-17(22)19(15)23)21-20(27)13-6-8-26(21)9-7-13/h3-5,10,12-13,16,20-21H,2,6-9,11H2,1H3/t16-,20+,21+/m1/s1. The molecule has 2 bridgehead atoms. The van der Waals surface area contributed by atoms with Crippen LogP contribution in [0.15, 0.2) is 30.6 Å². The maximum atomic E-state index is 14.7. The van der Waals surface area contributed by atoms with Gasteiger partial charge in [-0.1, -0.05) is 19.1 Å². The van der Waals surface area contributed by atoms with Gasteiger partial charge in [0.15, 0.2) is 11.6 Å². The third kappa shape index (κ3) is 2.64. The van der Waals surface area contributed by atoms with Crippen LogP contribution in [-0.2, 0) is 6.42 Å². The normalized spacial score (nSPS) is 32.0. The number of benzene rings is 1. The van der Waals surface area contributed by atoms with Crippen LogP contribution >= 0.6 is 0 Å². The van der Waals surface area contributed by atoms with E-state index >= 15 is 0 Å². The zero-order chi connectivity index (χ0) is 18.5. The van der Waals surface area contributed by atoms with E-state index in [0.29, 0.717) is 24.1 Å². The molecule has 1 aromatic heterocycles. The first kappa shape index (κ1) is 17.0. The molecule has 0 spiro atoms. The number of aromatic nitrogens is 2. The quantitative estimate of drug-likeness (QED) is 0.829. The van der Waals surface area contributed by atoms with Crippen molar-refractivity contribution in [2.75, 3.05) is 24.5 Å². The third-order valence-electron chi connectivity index (χ3n) is 6.74. The number of piperidine rings is 3. The lowest BCUT2D eigenvalue weighted by molar-refractivity contribution is 0.0350. The molecule has 4 saturated heterocycles. The minimum atomic E-state index is -0.756. The van der Waals surface area contributed by atoms with Crippen LogP contribution in [-0.4, -0.2) is 46.6 Å². The monoisotopic (exact) mass is 370 g/mol. The van der Waals surface area contributed by atoms with Gasteiger partial charge in [-0.2, -0.15) is 0 Å². The van der Waals surface area contributed by atoms with E-state index < -0.39 is 11.6 Å². The van der Waals surface area contributed by atoms with Gasteiger partial charge in [0, 0.05) is 36.3 Å². The van der Waals surface area contributed by atoms with Gasteiger partial charge in [-0.05, 0) is 49.9 Å². The molecule has 5 heterocycles. The Bertz CT molecular complexity index is 850. The van der Waals surface area contributed by atoms with Crippen LogP contribution in [0.1, 0.15) is 36.9 Å². The Morgan fingerprint density at radius 2 is 1.93 bits per heavy atom. The van der Waals surface area contributed by atoms with Crippen molar-refractivity contribution in [2.24, 2.45) is 5.92 Å².